The van der Waals surface area contributed by atoms with E-state index in [9.17, 15) is 0 Å². The van der Waals surface area contributed by atoms with E-state index in [1.807, 2.05) is 0 Å². The van der Waals surface area contributed by atoms with Crippen LogP contribution in [-0.2, 0) is 10.8 Å². The monoisotopic (exact) mass is 481 g/mol. The summed E-state index contributed by atoms with van der Waals surface area (Å²) in [7, 11) is 0. The van der Waals surface area contributed by atoms with Gasteiger partial charge in [0.25, 0.3) is 0 Å². The fourth-order valence-corrected chi connectivity index (χ4v) is 5.07. The van der Waals surface area contributed by atoms with Crippen LogP contribution < -0.4 is 5.32 Å². The van der Waals surface area contributed by atoms with Gasteiger partial charge in [-0.15, -0.1) is 0 Å². The first-order valence-electron chi connectivity index (χ1n) is 13.0. The first-order chi connectivity index (χ1) is 17.9. The third-order valence-corrected chi connectivity index (χ3v) is 7.70. The zero-order valence-electron chi connectivity index (χ0n) is 22.2. The van der Waals surface area contributed by atoms with Crippen molar-refractivity contribution >= 4 is 11.4 Å². The highest BCUT2D eigenvalue weighted by molar-refractivity contribution is 5.82. The molecule has 0 spiro atoms. The SMILES string of the molecule is CC(C)(c1ccccc1)c1ccc(Nc2ccc(C(C)(C)c3ccccc3)cc2-c2ccccc2)cc1. The Morgan fingerprint density at radius 1 is 0.432 bits per heavy atom. The maximum absolute atomic E-state index is 3.71. The Morgan fingerprint density at radius 3 is 1.41 bits per heavy atom. The van der Waals surface area contributed by atoms with E-state index in [2.05, 4.69) is 166 Å². The molecule has 1 nitrogen and oxygen atoms in total. The Labute approximate surface area is 221 Å². The van der Waals surface area contributed by atoms with Gasteiger partial charge in [0.2, 0.25) is 0 Å². The molecule has 0 aromatic heterocycles. The highest BCUT2D eigenvalue weighted by Crippen LogP contribution is 2.38. The number of benzene rings is 5. The Hall–Kier alpha value is -4.10. The molecule has 37 heavy (non-hydrogen) atoms. The van der Waals surface area contributed by atoms with Gasteiger partial charge in [-0.25, -0.2) is 0 Å². The van der Waals surface area contributed by atoms with Crippen LogP contribution in [0.25, 0.3) is 11.1 Å². The first kappa shape index (κ1) is 24.6. The topological polar surface area (TPSA) is 12.0 Å². The van der Waals surface area contributed by atoms with Crippen molar-refractivity contribution in [1.29, 1.82) is 0 Å². The van der Waals surface area contributed by atoms with E-state index < -0.39 is 0 Å². The van der Waals surface area contributed by atoms with E-state index in [4.69, 9.17) is 0 Å². The summed E-state index contributed by atoms with van der Waals surface area (Å²) in [5.41, 5.74) is 9.66. The standard InChI is InChI=1S/C36H35N/c1-35(2,28-16-10-6-11-17-28)30-20-23-32(24-21-30)37-34-25-22-31(26-33(34)27-14-8-5-9-15-27)36(3,4)29-18-12-7-13-19-29/h5-26,37H,1-4H3. The summed E-state index contributed by atoms with van der Waals surface area (Å²) in [5.74, 6) is 0. The van der Waals surface area contributed by atoms with E-state index in [1.165, 1.54) is 33.4 Å². The van der Waals surface area contributed by atoms with Crippen molar-refractivity contribution in [3.63, 3.8) is 0 Å². The van der Waals surface area contributed by atoms with Crippen LogP contribution >= 0.6 is 0 Å². The average Bonchev–Trinajstić information content (AvgIpc) is 2.95. The smallest absolute Gasteiger partial charge is 0.0464 e. The second kappa shape index (κ2) is 10.1. The first-order valence-corrected chi connectivity index (χ1v) is 13.0. The van der Waals surface area contributed by atoms with E-state index in [0.29, 0.717) is 0 Å². The minimum Gasteiger partial charge on any atom is -0.355 e. The molecule has 184 valence electrons. The van der Waals surface area contributed by atoms with Crippen molar-refractivity contribution in [2.45, 2.75) is 38.5 Å². The third kappa shape index (κ3) is 5.08. The number of rotatable bonds is 7. The van der Waals surface area contributed by atoms with Crippen molar-refractivity contribution in [2.24, 2.45) is 0 Å². The molecule has 5 rings (SSSR count). The maximum atomic E-state index is 3.71. The maximum Gasteiger partial charge on any atom is 0.0464 e. The summed E-state index contributed by atoms with van der Waals surface area (Å²) in [5, 5.41) is 3.71. The van der Waals surface area contributed by atoms with Crippen molar-refractivity contribution < 1.29 is 0 Å². The number of hydrogen-bond acceptors (Lipinski definition) is 1. The van der Waals surface area contributed by atoms with Crippen LogP contribution in [0.2, 0.25) is 0 Å². The highest BCUT2D eigenvalue weighted by Gasteiger charge is 2.25. The summed E-state index contributed by atoms with van der Waals surface area (Å²) >= 11 is 0. The van der Waals surface area contributed by atoms with E-state index in [-0.39, 0.29) is 10.8 Å². The molecule has 0 aliphatic heterocycles. The zero-order chi connectivity index (χ0) is 25.9. The van der Waals surface area contributed by atoms with Crippen LogP contribution in [0.15, 0.2) is 133 Å². The summed E-state index contributed by atoms with van der Waals surface area (Å²) < 4.78 is 0. The van der Waals surface area contributed by atoms with Gasteiger partial charge in [-0.2, -0.15) is 0 Å². The molecule has 0 atom stereocenters. The van der Waals surface area contributed by atoms with Crippen LogP contribution in [-0.4, -0.2) is 0 Å². The lowest BCUT2D eigenvalue weighted by molar-refractivity contribution is 0.641. The zero-order valence-corrected chi connectivity index (χ0v) is 22.2. The predicted molar refractivity (Wildman–Crippen MR) is 159 cm³/mol. The van der Waals surface area contributed by atoms with Gasteiger partial charge < -0.3 is 5.32 Å². The molecule has 0 aliphatic rings. The Morgan fingerprint density at radius 2 is 0.865 bits per heavy atom. The molecular weight excluding hydrogens is 446 g/mol. The molecule has 5 aromatic rings. The highest BCUT2D eigenvalue weighted by atomic mass is 14.9. The minimum absolute atomic E-state index is 0.0559. The van der Waals surface area contributed by atoms with E-state index >= 15 is 0 Å². The molecular formula is C36H35N. The third-order valence-electron chi connectivity index (χ3n) is 7.70. The number of nitrogens with one attached hydrogen (secondary N) is 1. The van der Waals surface area contributed by atoms with Crippen LogP contribution in [0.4, 0.5) is 11.4 Å². The Kier molecular flexibility index (Phi) is 6.72. The van der Waals surface area contributed by atoms with Gasteiger partial charge in [0, 0.05) is 27.8 Å². The Bertz CT molecular complexity index is 1450. The quantitative estimate of drug-likeness (QED) is 0.244. The van der Waals surface area contributed by atoms with Crippen molar-refractivity contribution in [2.75, 3.05) is 5.32 Å². The molecule has 0 amide bonds. The molecule has 5 aromatic carbocycles. The van der Waals surface area contributed by atoms with Gasteiger partial charge in [-0.05, 0) is 52.1 Å². The van der Waals surface area contributed by atoms with E-state index in [1.54, 1.807) is 0 Å². The van der Waals surface area contributed by atoms with E-state index in [0.717, 1.165) is 11.4 Å². The van der Waals surface area contributed by atoms with Crippen LogP contribution in [0.5, 0.6) is 0 Å². The summed E-state index contributed by atoms with van der Waals surface area (Å²) in [6.07, 6.45) is 0. The summed E-state index contributed by atoms with van der Waals surface area (Å²) in [4.78, 5) is 0. The molecule has 0 saturated heterocycles. The van der Waals surface area contributed by atoms with Crippen LogP contribution in [0, 0.1) is 0 Å². The lowest BCUT2D eigenvalue weighted by Crippen LogP contribution is -2.19. The van der Waals surface area contributed by atoms with Crippen molar-refractivity contribution in [3.8, 4) is 11.1 Å². The van der Waals surface area contributed by atoms with Gasteiger partial charge in [0.15, 0.2) is 0 Å². The molecule has 1 heteroatoms. The predicted octanol–water partition coefficient (Wildman–Crippen LogP) is 9.75. The molecule has 0 bridgehead atoms. The molecule has 0 unspecified atom stereocenters. The molecule has 1 N–H and O–H groups in total. The average molecular weight is 482 g/mol. The fourth-order valence-electron chi connectivity index (χ4n) is 5.07. The molecule has 0 saturated carbocycles. The Balaban J connectivity index is 1.49. The lowest BCUT2D eigenvalue weighted by atomic mass is 9.77. The second-order valence-corrected chi connectivity index (χ2v) is 10.8. The molecule has 0 heterocycles. The van der Waals surface area contributed by atoms with Crippen molar-refractivity contribution in [1.82, 2.24) is 0 Å². The van der Waals surface area contributed by atoms with Crippen LogP contribution in [0.1, 0.15) is 49.9 Å². The summed E-state index contributed by atoms with van der Waals surface area (Å²) in [6.45, 7) is 9.16. The van der Waals surface area contributed by atoms with Gasteiger partial charge >= 0.3 is 0 Å². The second-order valence-electron chi connectivity index (χ2n) is 10.8. The lowest BCUT2D eigenvalue weighted by Gasteiger charge is -2.28. The van der Waals surface area contributed by atoms with Crippen molar-refractivity contribution in [3.05, 3.63) is 156 Å². The van der Waals surface area contributed by atoms with Gasteiger partial charge in [-0.3, -0.25) is 0 Å². The summed E-state index contributed by atoms with van der Waals surface area (Å²) in [6, 6.07) is 47.8. The molecule has 0 radical (unpaired) electrons. The minimum atomic E-state index is -0.103. The molecule has 0 aliphatic carbocycles. The molecule has 0 fully saturated rings. The largest absolute Gasteiger partial charge is 0.355 e. The van der Waals surface area contributed by atoms with Gasteiger partial charge in [0.1, 0.15) is 0 Å². The van der Waals surface area contributed by atoms with Gasteiger partial charge in [-0.1, -0.05) is 137 Å². The van der Waals surface area contributed by atoms with Gasteiger partial charge in [0.05, 0.1) is 0 Å². The number of hydrogen-bond donors (Lipinski definition) is 1. The normalized spacial score (nSPS) is 11.8. The number of anilines is 2. The van der Waals surface area contributed by atoms with Crippen LogP contribution in [0.3, 0.4) is 0 Å². The fraction of sp³-hybridized carbons (Fsp3) is 0.167.